The van der Waals surface area contributed by atoms with Gasteiger partial charge in [0.1, 0.15) is 20.8 Å². The molecule has 2 aliphatic carbocycles. The molecule has 0 fully saturated rings. The van der Waals surface area contributed by atoms with Crippen molar-refractivity contribution in [2.45, 2.75) is 9.79 Å². The van der Waals surface area contributed by atoms with Crippen molar-refractivity contribution < 1.29 is 152 Å². The molecule has 0 aliphatic heterocycles. The fraction of sp³-hybridized carbons (Fsp3) is 0.0312. The van der Waals surface area contributed by atoms with Gasteiger partial charge in [-0.25, -0.2) is 18.0 Å². The second kappa shape index (κ2) is 20.2. The van der Waals surface area contributed by atoms with Crippen LogP contribution in [0.1, 0.15) is 10.4 Å². The number of aromatic carboxylic acids is 1. The molecule has 0 bridgehead atoms. The van der Waals surface area contributed by atoms with Crippen LogP contribution in [0.2, 0.25) is 5.02 Å². The number of pyridine rings is 1. The summed E-state index contributed by atoms with van der Waals surface area (Å²) in [5.74, 6) is -3.12. The molecule has 294 valence electrons. The van der Waals surface area contributed by atoms with E-state index in [1.807, 2.05) is 0 Å². The predicted octanol–water partition coefficient (Wildman–Crippen LogP) is -9.06. The molecule has 6 rings (SSSR count). The smallest absolute Gasteiger partial charge is 0.871 e. The van der Waals surface area contributed by atoms with Crippen molar-refractivity contribution in [3.8, 4) is 11.7 Å². The van der Waals surface area contributed by atoms with Crippen molar-refractivity contribution in [1.29, 1.82) is 0 Å². The van der Waals surface area contributed by atoms with E-state index in [4.69, 9.17) is 16.3 Å². The van der Waals surface area contributed by atoms with Crippen LogP contribution in [0, 0.1) is 0 Å². The van der Waals surface area contributed by atoms with E-state index in [2.05, 4.69) is 35.5 Å². The number of carbonyl (C=O) groups excluding carboxylic acids is 1. The Labute approximate surface area is 411 Å². The molecule has 2 aromatic heterocycles. The van der Waals surface area contributed by atoms with Gasteiger partial charge in [0.25, 0.3) is 25.9 Å². The molecule has 0 atom stereocenters. The number of methoxy groups -OCH3 is 1. The van der Waals surface area contributed by atoms with Gasteiger partial charge in [0.05, 0.1) is 63.1 Å². The van der Waals surface area contributed by atoms with E-state index in [1.54, 1.807) is 0 Å². The average Bonchev–Trinajstić information content (AvgIpc) is 3.14. The number of anilines is 1. The maximum atomic E-state index is 13.6. The van der Waals surface area contributed by atoms with Gasteiger partial charge in [-0.1, -0.05) is 23.4 Å². The minimum Gasteiger partial charge on any atom is -0.871 e. The van der Waals surface area contributed by atoms with Crippen LogP contribution in [0.5, 0.6) is 5.75 Å². The number of H-pyrrole nitrogens is 1. The Morgan fingerprint density at radius 2 is 1.67 bits per heavy atom. The number of hydrogen-bond acceptors (Lipinski definition) is 17. The molecule has 0 saturated heterocycles. The third kappa shape index (κ3) is 11.9. The van der Waals surface area contributed by atoms with Gasteiger partial charge in [0.15, 0.2) is 0 Å². The van der Waals surface area contributed by atoms with Crippen molar-refractivity contribution in [3.63, 3.8) is 0 Å². The normalized spacial score (nSPS) is 15.5. The number of halogens is 1. The van der Waals surface area contributed by atoms with Gasteiger partial charge >= 0.3 is 101 Å². The molecule has 0 saturated carbocycles. The Kier molecular flexibility index (Phi) is 17.1. The van der Waals surface area contributed by atoms with Crippen molar-refractivity contribution in [2.75, 3.05) is 12.5 Å². The number of carbonyl (C=O) groups is 1. The van der Waals surface area contributed by atoms with Crippen molar-refractivity contribution >= 4 is 76.7 Å². The van der Waals surface area contributed by atoms with Crippen molar-refractivity contribution in [1.82, 2.24) is 15.0 Å². The Morgan fingerprint density at radius 3 is 2.30 bits per heavy atom. The Hall–Kier alpha value is -3.41. The number of benzene rings is 2. The van der Waals surface area contributed by atoms with Gasteiger partial charge in [-0.3, -0.25) is 14.5 Å². The van der Waals surface area contributed by atoms with E-state index < -0.39 is 68.2 Å². The topological polar surface area (TPSA) is 333 Å². The van der Waals surface area contributed by atoms with Gasteiger partial charge in [-0.05, 0) is 76.8 Å². The number of allylic oxidation sites excluding steroid dienone is 7. The van der Waals surface area contributed by atoms with E-state index in [0.717, 1.165) is 42.6 Å². The van der Waals surface area contributed by atoms with Gasteiger partial charge in [-0.15, -0.1) is 4.98 Å². The van der Waals surface area contributed by atoms with Crippen LogP contribution in [0.3, 0.4) is 0 Å². The summed E-state index contributed by atoms with van der Waals surface area (Å²) < 4.78 is 110. The minimum absolute atomic E-state index is 0. The quantitative estimate of drug-likeness (QED) is 0.0497. The third-order valence-electron chi connectivity index (χ3n) is 7.63. The van der Waals surface area contributed by atoms with Crippen LogP contribution in [-0.2, 0) is 30.4 Å². The zero-order valence-corrected chi connectivity index (χ0v) is 40.5. The number of aromatic amines is 1. The Morgan fingerprint density at radius 1 is 0.950 bits per heavy atom. The molecule has 28 heteroatoms. The molecule has 21 nitrogen and oxygen atoms in total. The molecule has 2 heterocycles. The number of hydrazone groups is 1. The summed E-state index contributed by atoms with van der Waals surface area (Å²) in [4.78, 5) is 28.8. The number of rotatable bonds is 10. The summed E-state index contributed by atoms with van der Waals surface area (Å²) in [5, 5.41) is 28.8. The molecule has 4 N–H and O–H groups in total. The largest absolute Gasteiger partial charge is 1.00 e. The number of nitrogens with one attached hydrogen (secondary N) is 2. The molecule has 0 unspecified atom stereocenters. The van der Waals surface area contributed by atoms with Crippen LogP contribution in [0.4, 0.5) is 17.3 Å². The summed E-state index contributed by atoms with van der Waals surface area (Å²) in [6, 6.07) is 9.02. The fourth-order valence-corrected chi connectivity index (χ4v) is 7.00. The first-order valence-corrected chi connectivity index (χ1v) is 20.0. The number of hydrogen-bond donors (Lipinski definition) is 4. The Bertz CT molecular complexity index is 3030. The Balaban J connectivity index is 0.00000320. The number of fused-ring (bicyclic) bond motifs is 1. The molecule has 0 spiro atoms. The molecule has 60 heavy (non-hydrogen) atoms. The first-order valence-electron chi connectivity index (χ1n) is 15.3. The summed E-state index contributed by atoms with van der Waals surface area (Å²) in [7, 11) is -13.8. The van der Waals surface area contributed by atoms with Gasteiger partial charge in [-0.2, -0.15) is 31.9 Å². The molecule has 2 aromatic carbocycles. The number of aliphatic imine (C=N–C) groups is 1. The molecule has 2 aliphatic rings. The SMILES string of the molecule is COc1ccc(NN=C2C(S(=O)(=O)[O-])=CC3=CC(=Nc4nc(-[n+]5cccc(C(=O)[O-])c5)[nH]c(=Nc5cc(S(=O)(=O)O)ccc5Cl)n4)C=CC3=C2[O-])c(S(=O)(=O)O)c1.[Na+].[Na+].[Na+]. The van der Waals surface area contributed by atoms with Crippen LogP contribution in [0.15, 0.2) is 132 Å². The zero-order chi connectivity index (χ0) is 41.4. The van der Waals surface area contributed by atoms with E-state index in [1.165, 1.54) is 54.3 Å². The van der Waals surface area contributed by atoms with Crippen LogP contribution < -0.4 is 119 Å². The van der Waals surface area contributed by atoms with E-state index in [9.17, 15) is 53.9 Å². The number of carboxylic acid groups (broad SMARTS) is 1. The number of aromatic nitrogens is 4. The molecular weight excluding hydrogens is 905 g/mol. The summed E-state index contributed by atoms with van der Waals surface area (Å²) >= 11 is 6.22. The van der Waals surface area contributed by atoms with E-state index in [0.29, 0.717) is 0 Å². The fourth-order valence-electron chi connectivity index (χ4n) is 5.03. The first kappa shape index (κ1) is 50.9. The van der Waals surface area contributed by atoms with Crippen LogP contribution >= 0.6 is 11.6 Å². The van der Waals surface area contributed by atoms with Crippen molar-refractivity contribution in [2.24, 2.45) is 15.1 Å². The van der Waals surface area contributed by atoms with Gasteiger partial charge in [0, 0.05) is 11.6 Å². The molecule has 0 radical (unpaired) electrons. The summed E-state index contributed by atoms with van der Waals surface area (Å²) in [6.07, 6.45) is 7.01. The second-order valence-electron chi connectivity index (χ2n) is 11.4. The maximum absolute atomic E-state index is 13.6. The second-order valence-corrected chi connectivity index (χ2v) is 15.9. The van der Waals surface area contributed by atoms with Crippen LogP contribution in [-0.4, -0.2) is 78.4 Å². The van der Waals surface area contributed by atoms with E-state index in [-0.39, 0.29) is 145 Å². The predicted molar refractivity (Wildman–Crippen MR) is 192 cm³/mol. The van der Waals surface area contributed by atoms with Gasteiger partial charge in [0.2, 0.25) is 0 Å². The van der Waals surface area contributed by atoms with Crippen LogP contribution in [0.25, 0.3) is 5.95 Å². The molecule has 4 aromatic rings. The third-order valence-corrected chi connectivity index (χ3v) is 10.5. The first-order chi connectivity index (χ1) is 26.7. The average molecular weight is 926 g/mol. The number of nitrogens with zero attached hydrogens (tertiary/aromatic N) is 6. The van der Waals surface area contributed by atoms with E-state index >= 15 is 0 Å². The monoisotopic (exact) mass is 925 g/mol. The standard InChI is InChI=1S/C32H23ClN8O13S3.3Na/c1-54-19-5-9-23(25(13-19)56(48,49)50)39-40-27-26(57(51,52)53)12-17-11-18(4-7-21(17)28(27)42)34-30-36-31(35-24-14-20(55(45,46)47)6-8-22(24)33)38-32(37-30)41-10-2-3-16(15-41)29(43)44;;;/h2-15H,1H3,(H6-,34,35,36,37,38,39,42,43,44,45,46,47,48,49,50,51,52,53);;;/q;3*+1/p-2. The minimum atomic E-state index is -5.43. The molecular formula is C32H21ClN8Na3O13S3+. The zero-order valence-electron chi connectivity index (χ0n) is 31.3. The van der Waals surface area contributed by atoms with Crippen molar-refractivity contribution in [3.05, 3.63) is 123 Å². The number of carboxylic acids is 1. The summed E-state index contributed by atoms with van der Waals surface area (Å²) in [5.41, 5.74) is -0.214. The maximum Gasteiger partial charge on any atom is 1.00 e. The van der Waals surface area contributed by atoms with Gasteiger partial charge < -0.3 is 24.3 Å². The number of ether oxygens (including phenoxy) is 1. The molecule has 0 amide bonds. The summed E-state index contributed by atoms with van der Waals surface area (Å²) in [6.45, 7) is 0.